The van der Waals surface area contributed by atoms with Crippen molar-refractivity contribution in [2.45, 2.75) is 37.4 Å². The molecule has 0 aromatic rings. The summed E-state index contributed by atoms with van der Waals surface area (Å²) in [5, 5.41) is 3.15. The molecule has 0 aromatic heterocycles. The molecule has 1 aliphatic rings. The second-order valence-corrected chi connectivity index (χ2v) is 5.55. The number of thioether (sulfide) groups is 1. The Balaban J connectivity index is 1.99. The summed E-state index contributed by atoms with van der Waals surface area (Å²) in [5.74, 6) is 1.33. The van der Waals surface area contributed by atoms with Crippen LogP contribution < -0.4 is 11.1 Å². The van der Waals surface area contributed by atoms with Gasteiger partial charge in [-0.15, -0.1) is 11.8 Å². The summed E-state index contributed by atoms with van der Waals surface area (Å²) in [5.41, 5.74) is 5.37. The molecular weight excluding hydrogens is 228 g/mol. The normalized spacial score (nSPS) is 20.1. The Morgan fingerprint density at radius 1 is 1.53 bits per heavy atom. The van der Waals surface area contributed by atoms with Crippen molar-refractivity contribution in [3.63, 3.8) is 0 Å². The van der Waals surface area contributed by atoms with E-state index in [2.05, 4.69) is 5.32 Å². The van der Waals surface area contributed by atoms with Crippen LogP contribution in [0.2, 0.25) is 0 Å². The number of hydrogen-bond acceptors (Lipinski definition) is 3. The number of unbranched alkanes of at least 4 members (excludes halogenated alkanes) is 1. The van der Waals surface area contributed by atoms with E-state index in [1.165, 1.54) is 6.42 Å². The van der Waals surface area contributed by atoms with Crippen molar-refractivity contribution in [1.82, 2.24) is 5.32 Å². The van der Waals surface area contributed by atoms with Crippen LogP contribution in [0.25, 0.3) is 0 Å². The van der Waals surface area contributed by atoms with E-state index in [1.54, 1.807) is 11.8 Å². The fourth-order valence-corrected chi connectivity index (χ4v) is 2.86. The molecule has 3 N–H and O–H groups in total. The van der Waals surface area contributed by atoms with Gasteiger partial charge in [-0.05, 0) is 37.9 Å². The van der Waals surface area contributed by atoms with Gasteiger partial charge in [0.05, 0.1) is 10.2 Å². The van der Waals surface area contributed by atoms with Gasteiger partial charge in [0.1, 0.15) is 0 Å². The maximum absolute atomic E-state index is 11.6. The zero-order chi connectivity index (χ0) is 11.1. The topological polar surface area (TPSA) is 55.1 Å². The van der Waals surface area contributed by atoms with Gasteiger partial charge in [0.2, 0.25) is 5.91 Å². The minimum atomic E-state index is 0.195. The predicted molar refractivity (Wildman–Crippen MR) is 69.1 cm³/mol. The van der Waals surface area contributed by atoms with E-state index in [0.29, 0.717) is 4.99 Å². The average Bonchev–Trinajstić information content (AvgIpc) is 2.69. The largest absolute Gasteiger partial charge is 0.393 e. The number of rotatable bonds is 6. The van der Waals surface area contributed by atoms with Gasteiger partial charge in [0.25, 0.3) is 0 Å². The van der Waals surface area contributed by atoms with E-state index in [4.69, 9.17) is 18.0 Å². The summed E-state index contributed by atoms with van der Waals surface area (Å²) in [6.07, 6.45) is 4.91. The number of hydrogen-bond donors (Lipinski definition) is 2. The van der Waals surface area contributed by atoms with Crippen LogP contribution in [0.3, 0.4) is 0 Å². The molecule has 1 saturated heterocycles. The summed E-state index contributed by atoms with van der Waals surface area (Å²) < 4.78 is 0. The summed E-state index contributed by atoms with van der Waals surface area (Å²) in [4.78, 5) is 12.1. The van der Waals surface area contributed by atoms with E-state index < -0.39 is 0 Å². The van der Waals surface area contributed by atoms with Gasteiger partial charge in [-0.2, -0.15) is 0 Å². The molecule has 3 nitrogen and oxygen atoms in total. The van der Waals surface area contributed by atoms with Crippen LogP contribution in [0, 0.1) is 0 Å². The number of amides is 1. The summed E-state index contributed by atoms with van der Waals surface area (Å²) >= 11 is 6.54. The molecular formula is C10H18N2OS2. The zero-order valence-corrected chi connectivity index (χ0v) is 10.5. The number of nitrogens with two attached hydrogens (primary N) is 1. The first kappa shape index (κ1) is 12.8. The first-order valence-electron chi connectivity index (χ1n) is 5.38. The molecule has 1 heterocycles. The minimum Gasteiger partial charge on any atom is -0.393 e. The van der Waals surface area contributed by atoms with Gasteiger partial charge >= 0.3 is 0 Å². The number of nitrogens with one attached hydrogen (secondary N) is 1. The van der Waals surface area contributed by atoms with Crippen LogP contribution in [0.5, 0.6) is 0 Å². The smallest absolute Gasteiger partial charge is 0.233 e. The molecule has 15 heavy (non-hydrogen) atoms. The standard InChI is InChI=1S/C10H18N2OS2/c11-9(14)5-1-2-6-12-10(13)8-4-3-7-15-8/h8H,1-7H2,(H2,11,14)(H,12,13). The second kappa shape index (κ2) is 7.06. The quantitative estimate of drug-likeness (QED) is 0.550. The van der Waals surface area contributed by atoms with Gasteiger partial charge in [-0.3, -0.25) is 4.79 Å². The van der Waals surface area contributed by atoms with Crippen LogP contribution in [0.15, 0.2) is 0 Å². The Bertz CT molecular complexity index is 227. The lowest BCUT2D eigenvalue weighted by molar-refractivity contribution is -0.120. The molecule has 0 bridgehead atoms. The van der Waals surface area contributed by atoms with E-state index in [1.807, 2.05) is 0 Å². The SMILES string of the molecule is NC(=S)CCCCNC(=O)C1CCCS1. The van der Waals surface area contributed by atoms with Crippen molar-refractivity contribution in [2.75, 3.05) is 12.3 Å². The van der Waals surface area contributed by atoms with Crippen molar-refractivity contribution in [3.8, 4) is 0 Å². The van der Waals surface area contributed by atoms with E-state index >= 15 is 0 Å². The molecule has 5 heteroatoms. The van der Waals surface area contributed by atoms with Crippen molar-refractivity contribution >= 4 is 34.9 Å². The molecule has 0 aliphatic carbocycles. The van der Waals surface area contributed by atoms with Crippen molar-refractivity contribution in [2.24, 2.45) is 5.73 Å². The van der Waals surface area contributed by atoms with Gasteiger partial charge in [0.15, 0.2) is 0 Å². The number of carbonyl (C=O) groups is 1. The van der Waals surface area contributed by atoms with Crippen molar-refractivity contribution < 1.29 is 4.79 Å². The zero-order valence-electron chi connectivity index (χ0n) is 8.83. The summed E-state index contributed by atoms with van der Waals surface area (Å²) in [7, 11) is 0. The maximum atomic E-state index is 11.6. The first-order chi connectivity index (χ1) is 7.20. The fraction of sp³-hybridized carbons (Fsp3) is 0.800. The third-order valence-electron chi connectivity index (χ3n) is 2.37. The molecule has 1 amide bonds. The molecule has 1 unspecified atom stereocenters. The van der Waals surface area contributed by atoms with Crippen LogP contribution >= 0.6 is 24.0 Å². The first-order valence-corrected chi connectivity index (χ1v) is 6.83. The fourth-order valence-electron chi connectivity index (χ4n) is 1.53. The molecule has 1 aliphatic heterocycles. The van der Waals surface area contributed by atoms with Gasteiger partial charge in [-0.25, -0.2) is 0 Å². The van der Waals surface area contributed by atoms with Gasteiger partial charge in [-0.1, -0.05) is 12.2 Å². The Morgan fingerprint density at radius 3 is 2.93 bits per heavy atom. The second-order valence-electron chi connectivity index (χ2n) is 3.72. The minimum absolute atomic E-state index is 0.195. The number of thiocarbonyl (C=S) groups is 1. The predicted octanol–water partition coefficient (Wildman–Crippen LogP) is 1.45. The summed E-state index contributed by atoms with van der Waals surface area (Å²) in [6.45, 7) is 0.749. The lowest BCUT2D eigenvalue weighted by Crippen LogP contribution is -2.32. The van der Waals surface area contributed by atoms with E-state index in [9.17, 15) is 4.79 Å². The highest BCUT2D eigenvalue weighted by Gasteiger charge is 2.22. The molecule has 1 atom stereocenters. The Labute approximate surface area is 101 Å². The third kappa shape index (κ3) is 5.37. The lowest BCUT2D eigenvalue weighted by atomic mass is 10.2. The molecule has 0 spiro atoms. The Morgan fingerprint density at radius 2 is 2.33 bits per heavy atom. The lowest BCUT2D eigenvalue weighted by Gasteiger charge is -2.09. The monoisotopic (exact) mass is 246 g/mol. The van der Waals surface area contributed by atoms with Crippen LogP contribution in [0.4, 0.5) is 0 Å². The molecule has 1 rings (SSSR count). The van der Waals surface area contributed by atoms with Crippen LogP contribution in [0.1, 0.15) is 32.1 Å². The van der Waals surface area contributed by atoms with Crippen molar-refractivity contribution in [3.05, 3.63) is 0 Å². The molecule has 86 valence electrons. The highest BCUT2D eigenvalue weighted by molar-refractivity contribution is 8.00. The Kier molecular flexibility index (Phi) is 6.02. The molecule has 1 fully saturated rings. The Hall–Kier alpha value is -0.290. The van der Waals surface area contributed by atoms with Crippen molar-refractivity contribution in [1.29, 1.82) is 0 Å². The summed E-state index contributed by atoms with van der Waals surface area (Å²) in [6, 6.07) is 0. The van der Waals surface area contributed by atoms with Crippen LogP contribution in [-0.4, -0.2) is 28.4 Å². The average molecular weight is 246 g/mol. The molecule has 0 aromatic carbocycles. The third-order valence-corrected chi connectivity index (χ3v) is 3.95. The molecule has 0 saturated carbocycles. The molecule has 0 radical (unpaired) electrons. The maximum Gasteiger partial charge on any atom is 0.233 e. The highest BCUT2D eigenvalue weighted by Crippen LogP contribution is 2.25. The number of carbonyl (C=O) groups excluding carboxylic acids is 1. The van der Waals surface area contributed by atoms with E-state index in [-0.39, 0.29) is 11.2 Å². The van der Waals surface area contributed by atoms with Gasteiger partial charge in [0, 0.05) is 6.54 Å². The highest BCUT2D eigenvalue weighted by atomic mass is 32.2. The van der Waals surface area contributed by atoms with Gasteiger partial charge < -0.3 is 11.1 Å². The van der Waals surface area contributed by atoms with E-state index in [0.717, 1.165) is 38.0 Å². The van der Waals surface area contributed by atoms with Crippen LogP contribution in [-0.2, 0) is 4.79 Å².